The molecular formula is C11H21N. The van der Waals surface area contributed by atoms with E-state index in [1.807, 2.05) is 0 Å². The Bertz CT molecular complexity index is 155. The highest BCUT2D eigenvalue weighted by molar-refractivity contribution is 4.93. The van der Waals surface area contributed by atoms with Crippen molar-refractivity contribution in [2.75, 3.05) is 6.54 Å². The van der Waals surface area contributed by atoms with Gasteiger partial charge in [-0.15, -0.1) is 0 Å². The average Bonchev–Trinajstić information content (AvgIpc) is 2.83. The van der Waals surface area contributed by atoms with E-state index in [1.165, 1.54) is 32.1 Å². The zero-order valence-corrected chi connectivity index (χ0v) is 8.13. The molecule has 1 heteroatoms. The number of rotatable bonds is 2. The summed E-state index contributed by atoms with van der Waals surface area (Å²) in [5.74, 6) is 3.96. The molecule has 0 aliphatic heterocycles. The minimum atomic E-state index is 0.903. The lowest BCUT2D eigenvalue weighted by molar-refractivity contribution is 0.249. The van der Waals surface area contributed by atoms with Crippen LogP contribution < -0.4 is 5.73 Å². The maximum absolute atomic E-state index is 5.67. The van der Waals surface area contributed by atoms with E-state index in [1.54, 1.807) is 0 Å². The molecule has 2 aliphatic carbocycles. The molecule has 0 saturated heterocycles. The lowest BCUT2D eigenvalue weighted by Crippen LogP contribution is -2.17. The van der Waals surface area contributed by atoms with Gasteiger partial charge in [-0.2, -0.15) is 0 Å². The molecule has 0 radical (unpaired) electrons. The molecule has 0 aromatic heterocycles. The SMILES string of the molecule is CC1CCCC(C2CC2CN)C1. The minimum absolute atomic E-state index is 0.903. The molecule has 4 atom stereocenters. The van der Waals surface area contributed by atoms with Gasteiger partial charge in [0.05, 0.1) is 0 Å². The van der Waals surface area contributed by atoms with Crippen molar-refractivity contribution in [2.45, 2.75) is 39.0 Å². The third-order valence-electron chi connectivity index (χ3n) is 3.86. The first-order valence-corrected chi connectivity index (χ1v) is 5.51. The van der Waals surface area contributed by atoms with E-state index in [4.69, 9.17) is 5.73 Å². The maximum atomic E-state index is 5.67. The van der Waals surface area contributed by atoms with E-state index in [9.17, 15) is 0 Å². The topological polar surface area (TPSA) is 26.0 Å². The van der Waals surface area contributed by atoms with Crippen LogP contribution >= 0.6 is 0 Å². The largest absolute Gasteiger partial charge is 0.330 e. The smallest absolute Gasteiger partial charge is 0.00460 e. The quantitative estimate of drug-likeness (QED) is 0.671. The zero-order chi connectivity index (χ0) is 8.55. The second-order valence-electron chi connectivity index (χ2n) is 4.93. The van der Waals surface area contributed by atoms with Gasteiger partial charge >= 0.3 is 0 Å². The fraction of sp³-hybridized carbons (Fsp3) is 1.00. The summed E-state index contributed by atoms with van der Waals surface area (Å²) < 4.78 is 0. The summed E-state index contributed by atoms with van der Waals surface area (Å²) in [4.78, 5) is 0. The molecule has 2 rings (SSSR count). The molecule has 2 aliphatic rings. The van der Waals surface area contributed by atoms with Crippen LogP contribution in [0.2, 0.25) is 0 Å². The fourth-order valence-electron chi connectivity index (χ4n) is 2.99. The molecule has 2 fully saturated rings. The molecule has 0 bridgehead atoms. The summed E-state index contributed by atoms with van der Waals surface area (Å²) in [7, 11) is 0. The summed E-state index contributed by atoms with van der Waals surface area (Å²) in [6.45, 7) is 3.35. The van der Waals surface area contributed by atoms with Gasteiger partial charge in [0, 0.05) is 0 Å². The van der Waals surface area contributed by atoms with Gasteiger partial charge in [-0.25, -0.2) is 0 Å². The van der Waals surface area contributed by atoms with Crippen molar-refractivity contribution >= 4 is 0 Å². The highest BCUT2D eigenvalue weighted by Crippen LogP contribution is 2.49. The van der Waals surface area contributed by atoms with Crippen molar-refractivity contribution in [2.24, 2.45) is 29.4 Å². The lowest BCUT2D eigenvalue weighted by Gasteiger charge is -2.26. The first-order chi connectivity index (χ1) is 5.81. The molecule has 2 saturated carbocycles. The molecule has 4 unspecified atom stereocenters. The van der Waals surface area contributed by atoms with E-state index in [2.05, 4.69) is 6.92 Å². The van der Waals surface area contributed by atoms with Gasteiger partial charge in [0.25, 0.3) is 0 Å². The third-order valence-corrected chi connectivity index (χ3v) is 3.86. The first kappa shape index (κ1) is 8.55. The van der Waals surface area contributed by atoms with E-state index in [0.29, 0.717) is 0 Å². The Morgan fingerprint density at radius 1 is 1.25 bits per heavy atom. The Balaban J connectivity index is 1.81. The Hall–Kier alpha value is -0.0400. The number of nitrogens with two attached hydrogens (primary N) is 1. The van der Waals surface area contributed by atoms with Crippen LogP contribution in [-0.2, 0) is 0 Å². The predicted molar refractivity (Wildman–Crippen MR) is 51.8 cm³/mol. The second-order valence-corrected chi connectivity index (χ2v) is 4.93. The molecule has 0 aromatic rings. The Morgan fingerprint density at radius 2 is 2.08 bits per heavy atom. The van der Waals surface area contributed by atoms with Crippen LogP contribution in [0.25, 0.3) is 0 Å². The van der Waals surface area contributed by atoms with Crippen molar-refractivity contribution in [1.82, 2.24) is 0 Å². The highest BCUT2D eigenvalue weighted by atomic mass is 14.6. The van der Waals surface area contributed by atoms with E-state index in [0.717, 1.165) is 30.2 Å². The molecule has 1 nitrogen and oxygen atoms in total. The van der Waals surface area contributed by atoms with Crippen molar-refractivity contribution in [1.29, 1.82) is 0 Å². The standard InChI is InChI=1S/C11H21N/c1-8-3-2-4-9(5-8)11-6-10(11)7-12/h8-11H,2-7,12H2,1H3. The van der Waals surface area contributed by atoms with Gasteiger partial charge in [-0.05, 0) is 43.1 Å². The molecule has 0 aromatic carbocycles. The van der Waals surface area contributed by atoms with Gasteiger partial charge in [0.1, 0.15) is 0 Å². The summed E-state index contributed by atoms with van der Waals surface area (Å²) in [6, 6.07) is 0. The van der Waals surface area contributed by atoms with E-state index < -0.39 is 0 Å². The Labute approximate surface area is 75.7 Å². The van der Waals surface area contributed by atoms with Crippen molar-refractivity contribution in [3.05, 3.63) is 0 Å². The second kappa shape index (κ2) is 3.37. The highest BCUT2D eigenvalue weighted by Gasteiger charge is 2.42. The molecule has 12 heavy (non-hydrogen) atoms. The van der Waals surface area contributed by atoms with Gasteiger partial charge < -0.3 is 5.73 Å². The summed E-state index contributed by atoms with van der Waals surface area (Å²) in [5, 5.41) is 0. The van der Waals surface area contributed by atoms with Crippen molar-refractivity contribution in [3.63, 3.8) is 0 Å². The van der Waals surface area contributed by atoms with Gasteiger partial charge in [-0.1, -0.05) is 26.2 Å². The van der Waals surface area contributed by atoms with Crippen LogP contribution in [0, 0.1) is 23.7 Å². The Kier molecular flexibility index (Phi) is 2.40. The summed E-state index contributed by atoms with van der Waals surface area (Å²) in [5.41, 5.74) is 5.67. The average molecular weight is 167 g/mol. The van der Waals surface area contributed by atoms with Crippen LogP contribution in [0.1, 0.15) is 39.0 Å². The van der Waals surface area contributed by atoms with Gasteiger partial charge in [0.15, 0.2) is 0 Å². The third kappa shape index (κ3) is 1.66. The minimum Gasteiger partial charge on any atom is -0.330 e. The molecule has 2 N–H and O–H groups in total. The zero-order valence-electron chi connectivity index (χ0n) is 8.13. The number of hydrogen-bond donors (Lipinski definition) is 1. The van der Waals surface area contributed by atoms with E-state index in [-0.39, 0.29) is 0 Å². The molecule has 70 valence electrons. The van der Waals surface area contributed by atoms with E-state index >= 15 is 0 Å². The monoisotopic (exact) mass is 167 g/mol. The van der Waals surface area contributed by atoms with Crippen molar-refractivity contribution in [3.8, 4) is 0 Å². The van der Waals surface area contributed by atoms with Crippen molar-refractivity contribution < 1.29 is 0 Å². The van der Waals surface area contributed by atoms with Gasteiger partial charge in [-0.3, -0.25) is 0 Å². The Morgan fingerprint density at radius 3 is 2.67 bits per heavy atom. The molecule has 0 amide bonds. The molecular weight excluding hydrogens is 146 g/mol. The lowest BCUT2D eigenvalue weighted by atomic mass is 9.79. The van der Waals surface area contributed by atoms with Crippen LogP contribution in [0.4, 0.5) is 0 Å². The van der Waals surface area contributed by atoms with Crippen LogP contribution in [0.5, 0.6) is 0 Å². The van der Waals surface area contributed by atoms with Crippen LogP contribution in [0.15, 0.2) is 0 Å². The van der Waals surface area contributed by atoms with Gasteiger partial charge in [0.2, 0.25) is 0 Å². The normalized spacial score (nSPS) is 47.5. The maximum Gasteiger partial charge on any atom is -0.00460 e. The fourth-order valence-corrected chi connectivity index (χ4v) is 2.99. The number of hydrogen-bond acceptors (Lipinski definition) is 1. The molecule has 0 heterocycles. The summed E-state index contributed by atoms with van der Waals surface area (Å²) >= 11 is 0. The van der Waals surface area contributed by atoms with Crippen LogP contribution in [0.3, 0.4) is 0 Å². The first-order valence-electron chi connectivity index (χ1n) is 5.51. The predicted octanol–water partition coefficient (Wildman–Crippen LogP) is 2.41. The van der Waals surface area contributed by atoms with Crippen LogP contribution in [-0.4, -0.2) is 6.54 Å². The molecule has 0 spiro atoms. The summed E-state index contributed by atoms with van der Waals surface area (Å²) in [6.07, 6.45) is 7.36.